The molecule has 0 aromatic heterocycles. The Labute approximate surface area is 261 Å². The van der Waals surface area contributed by atoms with E-state index in [0.29, 0.717) is 18.2 Å². The number of amides is 2. The largest absolute Gasteiger partial charge is 0.402 e. The number of allylic oxidation sites excluding steroid dienone is 4. The van der Waals surface area contributed by atoms with E-state index in [4.69, 9.17) is 11.5 Å². The van der Waals surface area contributed by atoms with Crippen molar-refractivity contribution in [3.05, 3.63) is 95.5 Å². The van der Waals surface area contributed by atoms with Crippen LogP contribution in [0, 0.1) is 5.92 Å². The molecule has 2 aromatic carbocycles. The van der Waals surface area contributed by atoms with Gasteiger partial charge in [-0.1, -0.05) is 43.5 Å². The van der Waals surface area contributed by atoms with E-state index < -0.39 is 0 Å². The first-order valence-electron chi connectivity index (χ1n) is 15.1. The molecule has 0 spiro atoms. The Hall–Kier alpha value is -4.73. The standard InChI is InChI=1S/C20H30N4O.C14H18N4O/c1-24(2)17-10-6-7-15(13-17)14-20(25)23-19(22)12-11-18(21)16-8-4-3-5-9-16;1-18(2)12-6-3-5-11(9-12)10-14(19)16-13-7-4-8-15-17-13/h6-7,10-13,16H,3-5,8-9,14,21-22H2,1-2H3,(H,23,25);3-9,13,17H,10H2,1-2H3,(H,16,19)/b18-11-,19-12+;. The molecule has 1 heterocycles. The molecule has 0 saturated heterocycles. The molecule has 1 aliphatic carbocycles. The number of nitrogens with zero attached hydrogens (tertiary/aromatic N) is 3. The van der Waals surface area contributed by atoms with Gasteiger partial charge in [0.15, 0.2) is 0 Å². The van der Waals surface area contributed by atoms with Crippen molar-refractivity contribution in [1.29, 1.82) is 0 Å². The summed E-state index contributed by atoms with van der Waals surface area (Å²) >= 11 is 0. The van der Waals surface area contributed by atoms with Crippen molar-refractivity contribution >= 4 is 29.4 Å². The van der Waals surface area contributed by atoms with Gasteiger partial charge in [-0.3, -0.25) is 15.0 Å². The number of hydrogen-bond acceptors (Lipinski definition) is 8. The summed E-state index contributed by atoms with van der Waals surface area (Å²) in [7, 11) is 7.91. The second-order valence-corrected chi connectivity index (χ2v) is 11.5. The quantitative estimate of drug-likeness (QED) is 0.263. The molecule has 10 heteroatoms. The van der Waals surface area contributed by atoms with Gasteiger partial charge in [-0.2, -0.15) is 5.10 Å². The van der Waals surface area contributed by atoms with E-state index in [1.54, 1.807) is 18.4 Å². The highest BCUT2D eigenvalue weighted by Gasteiger charge is 2.15. The zero-order valence-electron chi connectivity index (χ0n) is 26.4. The van der Waals surface area contributed by atoms with Gasteiger partial charge in [0.05, 0.1) is 12.8 Å². The van der Waals surface area contributed by atoms with Crippen LogP contribution in [0.1, 0.15) is 43.2 Å². The van der Waals surface area contributed by atoms with Crippen LogP contribution >= 0.6 is 0 Å². The first-order valence-corrected chi connectivity index (χ1v) is 15.1. The molecular weight excluding hydrogens is 552 g/mol. The molecular formula is C34H48N8O2. The van der Waals surface area contributed by atoms with Crippen molar-refractivity contribution in [2.45, 2.75) is 51.1 Å². The monoisotopic (exact) mass is 600 g/mol. The van der Waals surface area contributed by atoms with Crippen LogP contribution in [0.5, 0.6) is 0 Å². The van der Waals surface area contributed by atoms with Crippen molar-refractivity contribution in [1.82, 2.24) is 16.1 Å². The third-order valence-corrected chi connectivity index (χ3v) is 7.39. The molecule has 236 valence electrons. The van der Waals surface area contributed by atoms with Crippen molar-refractivity contribution in [2.24, 2.45) is 22.5 Å². The van der Waals surface area contributed by atoms with Crippen LogP contribution in [0.25, 0.3) is 0 Å². The molecule has 4 rings (SSSR count). The number of hydrogen-bond donors (Lipinski definition) is 5. The average molecular weight is 601 g/mol. The van der Waals surface area contributed by atoms with Crippen molar-refractivity contribution < 1.29 is 9.59 Å². The van der Waals surface area contributed by atoms with Crippen molar-refractivity contribution in [2.75, 3.05) is 38.0 Å². The third kappa shape index (κ3) is 11.9. The number of carbonyl (C=O) groups is 2. The Morgan fingerprint density at radius 3 is 2.02 bits per heavy atom. The Morgan fingerprint density at radius 1 is 0.886 bits per heavy atom. The summed E-state index contributed by atoms with van der Waals surface area (Å²) in [4.78, 5) is 28.1. The number of rotatable bonds is 10. The fourth-order valence-electron chi connectivity index (χ4n) is 4.94. The highest BCUT2D eigenvalue weighted by molar-refractivity contribution is 5.81. The number of nitrogens with two attached hydrogens (primary N) is 2. The van der Waals surface area contributed by atoms with E-state index in [1.165, 1.54) is 19.3 Å². The molecule has 0 radical (unpaired) electrons. The molecule has 1 saturated carbocycles. The summed E-state index contributed by atoms with van der Waals surface area (Å²) in [6.07, 6.45) is 15.3. The van der Waals surface area contributed by atoms with E-state index in [1.807, 2.05) is 98.7 Å². The smallest absolute Gasteiger partial charge is 0.229 e. The molecule has 10 nitrogen and oxygen atoms in total. The molecule has 1 unspecified atom stereocenters. The van der Waals surface area contributed by atoms with Gasteiger partial charge in [-0.05, 0) is 78.5 Å². The summed E-state index contributed by atoms with van der Waals surface area (Å²) in [6.45, 7) is 0. The van der Waals surface area contributed by atoms with Crippen LogP contribution in [-0.4, -0.2) is 52.4 Å². The molecule has 1 atom stereocenters. The maximum absolute atomic E-state index is 12.2. The zero-order chi connectivity index (χ0) is 31.9. The number of hydrazone groups is 1. The van der Waals surface area contributed by atoms with Crippen LogP contribution in [0.3, 0.4) is 0 Å². The first kappa shape index (κ1) is 33.8. The maximum atomic E-state index is 12.2. The van der Waals surface area contributed by atoms with Crippen LogP contribution in [0.4, 0.5) is 11.4 Å². The number of nitrogens with one attached hydrogen (secondary N) is 3. The lowest BCUT2D eigenvalue weighted by Crippen LogP contribution is -2.43. The minimum absolute atomic E-state index is 0.0323. The summed E-state index contributed by atoms with van der Waals surface area (Å²) in [5, 5.41) is 9.45. The van der Waals surface area contributed by atoms with E-state index in [2.05, 4.69) is 21.2 Å². The summed E-state index contributed by atoms with van der Waals surface area (Å²) < 4.78 is 0. The second-order valence-electron chi connectivity index (χ2n) is 11.5. The average Bonchev–Trinajstić information content (AvgIpc) is 3.01. The topological polar surface area (TPSA) is 141 Å². The highest BCUT2D eigenvalue weighted by Crippen LogP contribution is 2.27. The molecule has 2 aromatic rings. The van der Waals surface area contributed by atoms with Crippen LogP contribution in [0.2, 0.25) is 0 Å². The number of benzene rings is 2. The Morgan fingerprint density at radius 2 is 1.48 bits per heavy atom. The minimum atomic E-state index is -0.227. The van der Waals surface area contributed by atoms with Gasteiger partial charge in [0.2, 0.25) is 11.8 Å². The molecule has 2 aliphatic rings. The van der Waals surface area contributed by atoms with Gasteiger partial charge < -0.3 is 31.9 Å². The van der Waals surface area contributed by atoms with E-state index >= 15 is 0 Å². The molecule has 1 fully saturated rings. The fraction of sp³-hybridized carbons (Fsp3) is 0.382. The van der Waals surface area contributed by atoms with E-state index in [-0.39, 0.29) is 24.4 Å². The lowest BCUT2D eigenvalue weighted by molar-refractivity contribution is -0.121. The van der Waals surface area contributed by atoms with Gasteiger partial charge in [0, 0.05) is 51.5 Å². The van der Waals surface area contributed by atoms with Gasteiger partial charge in [0.1, 0.15) is 12.0 Å². The molecule has 2 amide bonds. The third-order valence-electron chi connectivity index (χ3n) is 7.39. The lowest BCUT2D eigenvalue weighted by Gasteiger charge is -2.21. The molecule has 7 N–H and O–H groups in total. The minimum Gasteiger partial charge on any atom is -0.402 e. The molecule has 44 heavy (non-hydrogen) atoms. The number of carbonyl (C=O) groups excluding carboxylic acids is 2. The molecule has 1 aliphatic heterocycles. The van der Waals surface area contributed by atoms with Crippen LogP contribution in [-0.2, 0) is 22.4 Å². The second kappa shape index (κ2) is 17.4. The highest BCUT2D eigenvalue weighted by atomic mass is 16.2. The SMILES string of the molecule is CN(C)c1cccc(CC(=O)N/C(N)=C/C=C(\N)C2CCCCC2)c1.CN(C)c1cccc(CC(=O)NC2C=CC=NN2)c1. The Bertz CT molecular complexity index is 1360. The summed E-state index contributed by atoms with van der Waals surface area (Å²) in [5.74, 6) is 0.610. The molecule has 0 bridgehead atoms. The summed E-state index contributed by atoms with van der Waals surface area (Å²) in [5.41, 5.74) is 19.8. The Balaban J connectivity index is 0.000000249. The van der Waals surface area contributed by atoms with Gasteiger partial charge in [0.25, 0.3) is 0 Å². The van der Waals surface area contributed by atoms with Crippen LogP contribution in [0.15, 0.2) is 89.5 Å². The predicted molar refractivity (Wildman–Crippen MR) is 181 cm³/mol. The van der Waals surface area contributed by atoms with E-state index in [0.717, 1.165) is 41.0 Å². The Kier molecular flexibility index (Phi) is 13.4. The van der Waals surface area contributed by atoms with Gasteiger partial charge in [-0.25, -0.2) is 0 Å². The summed E-state index contributed by atoms with van der Waals surface area (Å²) in [6, 6.07) is 15.8. The van der Waals surface area contributed by atoms with E-state index in [9.17, 15) is 9.59 Å². The van der Waals surface area contributed by atoms with Crippen molar-refractivity contribution in [3.8, 4) is 0 Å². The fourth-order valence-corrected chi connectivity index (χ4v) is 4.94. The van der Waals surface area contributed by atoms with Crippen LogP contribution < -0.4 is 37.3 Å². The normalized spacial score (nSPS) is 16.7. The predicted octanol–water partition coefficient (Wildman–Crippen LogP) is 3.52. The van der Waals surface area contributed by atoms with Crippen molar-refractivity contribution in [3.63, 3.8) is 0 Å². The zero-order valence-corrected chi connectivity index (χ0v) is 26.4. The number of anilines is 2. The van der Waals surface area contributed by atoms with Gasteiger partial charge >= 0.3 is 0 Å². The maximum Gasteiger partial charge on any atom is 0.229 e. The lowest BCUT2D eigenvalue weighted by atomic mass is 9.87. The van der Waals surface area contributed by atoms with Gasteiger partial charge in [-0.15, -0.1) is 0 Å². The first-order chi connectivity index (χ1) is 21.1.